The summed E-state index contributed by atoms with van der Waals surface area (Å²) in [5, 5.41) is 3.80. The van der Waals surface area contributed by atoms with Crippen molar-refractivity contribution in [2.24, 2.45) is 13.0 Å². The Labute approximate surface area is 198 Å². The highest BCUT2D eigenvalue weighted by Crippen LogP contribution is 2.37. The van der Waals surface area contributed by atoms with Crippen molar-refractivity contribution < 1.29 is 31.1 Å². The number of anilines is 1. The van der Waals surface area contributed by atoms with Crippen LogP contribution in [-0.4, -0.2) is 53.7 Å². The number of fused-ring (bicyclic) bond motifs is 1. The van der Waals surface area contributed by atoms with E-state index in [1.807, 2.05) is 0 Å². The molecule has 184 valence electrons. The van der Waals surface area contributed by atoms with Crippen LogP contribution < -0.4 is 9.46 Å². The number of alkyl halides is 3. The van der Waals surface area contributed by atoms with E-state index in [2.05, 4.69) is 19.8 Å². The molecule has 1 aliphatic heterocycles. The fourth-order valence-corrected chi connectivity index (χ4v) is 5.55. The Kier molecular flexibility index (Phi) is 6.62. The maximum Gasteiger partial charge on any atom is 0.425 e. The summed E-state index contributed by atoms with van der Waals surface area (Å²) in [6.45, 7) is 1.78. The minimum Gasteiger partial charge on any atom is -0.462 e. The Balaban J connectivity index is 1.78. The van der Waals surface area contributed by atoms with Crippen molar-refractivity contribution in [2.75, 3.05) is 17.9 Å². The maximum absolute atomic E-state index is 14.0. The van der Waals surface area contributed by atoms with E-state index in [1.54, 1.807) is 18.2 Å². The zero-order valence-electron chi connectivity index (χ0n) is 18.1. The molecule has 0 bridgehead atoms. The lowest BCUT2D eigenvalue weighted by Gasteiger charge is -2.31. The van der Waals surface area contributed by atoms with Crippen LogP contribution in [0.5, 0.6) is 5.88 Å². The molecular weight excluding hydrogens is 499 g/mol. The highest BCUT2D eigenvalue weighted by Gasteiger charge is 2.48. The fraction of sp³-hybridized carbons (Fsp3) is 0.450. The van der Waals surface area contributed by atoms with Crippen LogP contribution in [0.25, 0.3) is 11.0 Å². The number of aromatic nitrogens is 4. The lowest BCUT2D eigenvalue weighted by atomic mass is 9.93. The van der Waals surface area contributed by atoms with Crippen molar-refractivity contribution >= 4 is 38.5 Å². The second kappa shape index (κ2) is 9.19. The highest BCUT2D eigenvalue weighted by molar-refractivity contribution is 7.92. The van der Waals surface area contributed by atoms with Gasteiger partial charge in [-0.05, 0) is 31.9 Å². The summed E-state index contributed by atoms with van der Waals surface area (Å²) in [7, 11) is -2.93. The molecule has 3 heterocycles. The molecule has 34 heavy (non-hydrogen) atoms. The van der Waals surface area contributed by atoms with Crippen LogP contribution in [0, 0.1) is 12.8 Å². The summed E-state index contributed by atoms with van der Waals surface area (Å²) in [6.07, 6.45) is -6.68. The lowest BCUT2D eigenvalue weighted by molar-refractivity contribution is -0.216. The molecule has 1 aliphatic rings. The molecule has 0 radical (unpaired) electrons. The van der Waals surface area contributed by atoms with Gasteiger partial charge in [0.25, 0.3) is 15.9 Å². The standard InChI is InChI=1S/C20H21ClF3N5O4S/c1-11-15(17(21)29(2)27-11)34(30,31)28-18-19(26-14-6-4-3-5-13(14)25-18)33-16(20(22,23)24)12-7-9-32-10-8-12/h3-6,12,16H,7-10H2,1-2H3,(H,25,28). The molecule has 9 nitrogen and oxygen atoms in total. The SMILES string of the molecule is Cc1nn(C)c(Cl)c1S(=O)(=O)Nc1nc2ccccc2nc1OC(C1CCOCC1)C(F)(F)F. The van der Waals surface area contributed by atoms with E-state index in [-0.39, 0.29) is 52.8 Å². The minimum absolute atomic E-state index is 0.103. The molecule has 1 saturated heterocycles. The number of rotatable bonds is 6. The van der Waals surface area contributed by atoms with Crippen molar-refractivity contribution in [3.8, 4) is 5.88 Å². The molecule has 1 unspecified atom stereocenters. The summed E-state index contributed by atoms with van der Waals surface area (Å²) < 4.78 is 82.0. The van der Waals surface area contributed by atoms with Gasteiger partial charge in [-0.15, -0.1) is 0 Å². The first-order chi connectivity index (χ1) is 16.0. The second-order valence-electron chi connectivity index (χ2n) is 7.83. The van der Waals surface area contributed by atoms with Crippen molar-refractivity contribution in [1.29, 1.82) is 0 Å². The van der Waals surface area contributed by atoms with Crippen LogP contribution in [0.4, 0.5) is 19.0 Å². The largest absolute Gasteiger partial charge is 0.462 e. The van der Waals surface area contributed by atoms with Crippen LogP contribution in [0.1, 0.15) is 18.5 Å². The molecule has 4 rings (SSSR count). The Hall–Kier alpha value is -2.64. The topological polar surface area (TPSA) is 108 Å². The van der Waals surface area contributed by atoms with Crippen LogP contribution in [0.3, 0.4) is 0 Å². The third kappa shape index (κ3) is 4.91. The average Bonchev–Trinajstić information content (AvgIpc) is 3.03. The van der Waals surface area contributed by atoms with Gasteiger partial charge in [0.2, 0.25) is 5.82 Å². The number of nitrogens with zero attached hydrogens (tertiary/aromatic N) is 4. The number of ether oxygens (including phenoxy) is 2. The number of sulfonamides is 1. The monoisotopic (exact) mass is 519 g/mol. The van der Waals surface area contributed by atoms with Crippen molar-refractivity contribution in [1.82, 2.24) is 19.7 Å². The molecular formula is C20H21ClF3N5O4S. The quantitative estimate of drug-likeness (QED) is 0.526. The molecule has 1 N–H and O–H groups in total. The van der Waals surface area contributed by atoms with E-state index in [1.165, 1.54) is 24.7 Å². The molecule has 14 heteroatoms. The van der Waals surface area contributed by atoms with E-state index < -0.39 is 39.9 Å². The summed E-state index contributed by atoms with van der Waals surface area (Å²) >= 11 is 6.10. The highest BCUT2D eigenvalue weighted by atomic mass is 35.5. The molecule has 2 aromatic heterocycles. The second-order valence-corrected chi connectivity index (χ2v) is 9.81. The normalized spacial score (nSPS) is 16.5. The van der Waals surface area contributed by atoms with Gasteiger partial charge in [0, 0.05) is 26.2 Å². The molecule has 1 fully saturated rings. The maximum atomic E-state index is 14.0. The smallest absolute Gasteiger partial charge is 0.425 e. The number of benzene rings is 1. The Bertz CT molecular complexity index is 1310. The first-order valence-electron chi connectivity index (χ1n) is 10.3. The van der Waals surface area contributed by atoms with E-state index in [9.17, 15) is 21.6 Å². The van der Waals surface area contributed by atoms with E-state index >= 15 is 0 Å². The molecule has 1 aromatic carbocycles. The molecule has 0 saturated carbocycles. The van der Waals surface area contributed by atoms with Gasteiger partial charge in [-0.25, -0.2) is 18.4 Å². The van der Waals surface area contributed by atoms with Gasteiger partial charge >= 0.3 is 6.18 Å². The molecule has 1 atom stereocenters. The van der Waals surface area contributed by atoms with Crippen LogP contribution in [0.2, 0.25) is 5.15 Å². The van der Waals surface area contributed by atoms with Crippen molar-refractivity contribution in [2.45, 2.75) is 36.9 Å². The zero-order valence-corrected chi connectivity index (χ0v) is 19.7. The Morgan fingerprint density at radius 3 is 2.38 bits per heavy atom. The average molecular weight is 520 g/mol. The Morgan fingerprint density at radius 2 is 1.82 bits per heavy atom. The van der Waals surface area contributed by atoms with E-state index in [4.69, 9.17) is 21.1 Å². The number of hydrogen-bond donors (Lipinski definition) is 1. The minimum atomic E-state index is -4.73. The molecule has 0 aliphatic carbocycles. The van der Waals surface area contributed by atoms with Gasteiger partial charge in [0.1, 0.15) is 10.0 Å². The fourth-order valence-electron chi connectivity index (χ4n) is 3.80. The summed E-state index contributed by atoms with van der Waals surface area (Å²) in [5.74, 6) is -1.96. The third-order valence-electron chi connectivity index (χ3n) is 5.39. The first-order valence-corrected chi connectivity index (χ1v) is 12.1. The summed E-state index contributed by atoms with van der Waals surface area (Å²) in [6, 6.07) is 6.35. The lowest BCUT2D eigenvalue weighted by Crippen LogP contribution is -2.43. The zero-order chi connectivity index (χ0) is 24.7. The van der Waals surface area contributed by atoms with Gasteiger partial charge in [-0.2, -0.15) is 18.3 Å². The molecule has 0 amide bonds. The van der Waals surface area contributed by atoms with Gasteiger partial charge < -0.3 is 9.47 Å². The van der Waals surface area contributed by atoms with E-state index in [0.717, 1.165) is 0 Å². The number of halogens is 4. The number of nitrogens with one attached hydrogen (secondary N) is 1. The van der Waals surface area contributed by atoms with Crippen molar-refractivity contribution in [3.63, 3.8) is 0 Å². The van der Waals surface area contributed by atoms with Crippen molar-refractivity contribution in [3.05, 3.63) is 35.1 Å². The number of hydrogen-bond acceptors (Lipinski definition) is 7. The van der Waals surface area contributed by atoms with Gasteiger partial charge in [-0.3, -0.25) is 9.40 Å². The molecule has 3 aromatic rings. The summed E-state index contributed by atoms with van der Waals surface area (Å²) in [5.41, 5.74) is 0.603. The van der Waals surface area contributed by atoms with Gasteiger partial charge in [0.05, 0.1) is 16.7 Å². The predicted octanol–water partition coefficient (Wildman–Crippen LogP) is 3.86. The van der Waals surface area contributed by atoms with Crippen LogP contribution in [-0.2, 0) is 21.8 Å². The van der Waals surface area contributed by atoms with Gasteiger partial charge in [0.15, 0.2) is 6.10 Å². The molecule has 0 spiro atoms. The van der Waals surface area contributed by atoms with Crippen LogP contribution in [0.15, 0.2) is 29.2 Å². The van der Waals surface area contributed by atoms with Crippen LogP contribution >= 0.6 is 11.6 Å². The predicted molar refractivity (Wildman–Crippen MR) is 117 cm³/mol. The summed E-state index contributed by atoms with van der Waals surface area (Å²) in [4.78, 5) is 8.02. The third-order valence-corrected chi connectivity index (χ3v) is 7.43. The number of aryl methyl sites for hydroxylation is 2. The number of para-hydroxylation sites is 2. The first kappa shape index (κ1) is 24.5. The Morgan fingerprint density at radius 1 is 1.21 bits per heavy atom. The van der Waals surface area contributed by atoms with Gasteiger partial charge in [-0.1, -0.05) is 23.7 Å². The van der Waals surface area contributed by atoms with E-state index in [0.29, 0.717) is 0 Å².